The van der Waals surface area contributed by atoms with Crippen LogP contribution in [0.5, 0.6) is 11.5 Å². The summed E-state index contributed by atoms with van der Waals surface area (Å²) >= 11 is 5.24. The first-order valence-electron chi connectivity index (χ1n) is 7.21. The van der Waals surface area contributed by atoms with Gasteiger partial charge in [0.05, 0.1) is 27.0 Å². The predicted octanol–water partition coefficient (Wildman–Crippen LogP) is 2.55. The van der Waals surface area contributed by atoms with E-state index in [-0.39, 0.29) is 5.91 Å². The molecule has 24 heavy (non-hydrogen) atoms. The van der Waals surface area contributed by atoms with Gasteiger partial charge in [-0.2, -0.15) is 0 Å². The summed E-state index contributed by atoms with van der Waals surface area (Å²) in [5.41, 5.74) is 1.20. The van der Waals surface area contributed by atoms with Gasteiger partial charge in [0.1, 0.15) is 11.5 Å². The largest absolute Gasteiger partial charge is 0.493 e. The third-order valence-electron chi connectivity index (χ3n) is 3.57. The zero-order valence-electron chi connectivity index (χ0n) is 13.2. The first kappa shape index (κ1) is 16.1. The maximum Gasteiger partial charge on any atom is 0.276 e. The molecule has 1 fully saturated rings. The molecule has 1 N–H and O–H groups in total. The molecule has 0 bridgehead atoms. The van der Waals surface area contributed by atoms with Crippen LogP contribution in [0.2, 0.25) is 0 Å². The number of hydrogen-bond acceptors (Lipinski definition) is 5. The molecule has 3 rings (SSSR count). The fourth-order valence-electron chi connectivity index (χ4n) is 2.38. The van der Waals surface area contributed by atoms with E-state index in [9.17, 15) is 4.79 Å². The van der Waals surface area contributed by atoms with Crippen molar-refractivity contribution in [3.8, 4) is 11.5 Å². The standard InChI is InChI=1S/C17H16N2O4S/c1-21-14-6-5-11(9-15(14)22-2)8-13-16(20)19(17(24)18-13)10-12-4-3-7-23-12/h3-9H,10H2,1-2H3,(H,18,24). The third-order valence-corrected chi connectivity index (χ3v) is 3.90. The summed E-state index contributed by atoms with van der Waals surface area (Å²) in [6, 6.07) is 8.98. The highest BCUT2D eigenvalue weighted by molar-refractivity contribution is 7.80. The van der Waals surface area contributed by atoms with Crippen LogP contribution in [0.15, 0.2) is 46.7 Å². The Morgan fingerprint density at radius 3 is 2.71 bits per heavy atom. The number of carbonyl (C=O) groups is 1. The smallest absolute Gasteiger partial charge is 0.276 e. The van der Waals surface area contributed by atoms with Crippen LogP contribution < -0.4 is 14.8 Å². The summed E-state index contributed by atoms with van der Waals surface area (Å²) in [6.45, 7) is 0.293. The highest BCUT2D eigenvalue weighted by Gasteiger charge is 2.31. The Hall–Kier alpha value is -2.80. The average molecular weight is 344 g/mol. The number of carbonyl (C=O) groups excluding carboxylic acids is 1. The van der Waals surface area contributed by atoms with Crippen molar-refractivity contribution in [2.75, 3.05) is 14.2 Å². The Labute approximate surface area is 144 Å². The second-order valence-electron chi connectivity index (χ2n) is 5.07. The number of amides is 1. The summed E-state index contributed by atoms with van der Waals surface area (Å²) in [5, 5.41) is 3.29. The molecular formula is C17H16N2O4S. The van der Waals surface area contributed by atoms with E-state index in [0.29, 0.717) is 34.6 Å². The van der Waals surface area contributed by atoms with E-state index in [1.54, 1.807) is 50.8 Å². The number of thiocarbonyl (C=S) groups is 1. The number of nitrogens with zero attached hydrogens (tertiary/aromatic N) is 1. The fraction of sp³-hybridized carbons (Fsp3) is 0.176. The third kappa shape index (κ3) is 3.11. The molecule has 1 saturated heterocycles. The van der Waals surface area contributed by atoms with Gasteiger partial charge in [0, 0.05) is 0 Å². The lowest BCUT2D eigenvalue weighted by molar-refractivity contribution is -0.122. The predicted molar refractivity (Wildman–Crippen MR) is 92.5 cm³/mol. The van der Waals surface area contributed by atoms with Gasteiger partial charge in [0.15, 0.2) is 16.6 Å². The van der Waals surface area contributed by atoms with E-state index in [2.05, 4.69) is 5.32 Å². The second-order valence-corrected chi connectivity index (χ2v) is 5.46. The summed E-state index contributed by atoms with van der Waals surface area (Å²) in [4.78, 5) is 14.0. The number of methoxy groups -OCH3 is 2. The summed E-state index contributed by atoms with van der Waals surface area (Å²) in [5.74, 6) is 1.68. The van der Waals surface area contributed by atoms with Crippen molar-refractivity contribution in [2.45, 2.75) is 6.54 Å². The Kier molecular flexibility index (Phi) is 4.52. The van der Waals surface area contributed by atoms with Crippen molar-refractivity contribution in [1.82, 2.24) is 10.2 Å². The summed E-state index contributed by atoms with van der Waals surface area (Å²) in [6.07, 6.45) is 3.28. The van der Waals surface area contributed by atoms with Crippen LogP contribution in [-0.2, 0) is 11.3 Å². The molecule has 2 aromatic rings. The Morgan fingerprint density at radius 1 is 1.25 bits per heavy atom. The topological polar surface area (TPSA) is 63.9 Å². The van der Waals surface area contributed by atoms with Crippen molar-refractivity contribution < 1.29 is 18.7 Å². The van der Waals surface area contributed by atoms with Crippen molar-refractivity contribution >= 4 is 29.3 Å². The molecule has 1 aliphatic heterocycles. The van der Waals surface area contributed by atoms with Crippen LogP contribution in [-0.4, -0.2) is 30.1 Å². The molecule has 0 atom stereocenters. The quantitative estimate of drug-likeness (QED) is 0.664. The van der Waals surface area contributed by atoms with Gasteiger partial charge in [-0.25, -0.2) is 0 Å². The molecule has 6 nitrogen and oxygen atoms in total. The molecule has 1 amide bonds. The molecule has 1 aliphatic rings. The number of benzene rings is 1. The zero-order valence-corrected chi connectivity index (χ0v) is 14.1. The molecule has 1 aromatic heterocycles. The second kappa shape index (κ2) is 6.76. The SMILES string of the molecule is COc1ccc(C=C2NC(=S)N(Cc3ccco3)C2=O)cc1OC. The van der Waals surface area contributed by atoms with E-state index < -0.39 is 0 Å². The van der Waals surface area contributed by atoms with E-state index in [1.807, 2.05) is 6.07 Å². The van der Waals surface area contributed by atoms with Gasteiger partial charge < -0.3 is 19.2 Å². The van der Waals surface area contributed by atoms with E-state index in [0.717, 1.165) is 5.56 Å². The van der Waals surface area contributed by atoms with Crippen molar-refractivity contribution in [1.29, 1.82) is 0 Å². The van der Waals surface area contributed by atoms with Crippen molar-refractivity contribution in [2.24, 2.45) is 0 Å². The maximum atomic E-state index is 12.5. The lowest BCUT2D eigenvalue weighted by Crippen LogP contribution is -2.29. The molecule has 124 valence electrons. The summed E-state index contributed by atoms with van der Waals surface area (Å²) < 4.78 is 15.8. The zero-order chi connectivity index (χ0) is 17.1. The molecule has 7 heteroatoms. The summed E-state index contributed by atoms with van der Waals surface area (Å²) in [7, 11) is 3.14. The van der Waals surface area contributed by atoms with Crippen molar-refractivity contribution in [3.63, 3.8) is 0 Å². The van der Waals surface area contributed by atoms with Gasteiger partial charge in [-0.3, -0.25) is 9.69 Å². The lowest BCUT2D eigenvalue weighted by atomic mass is 10.1. The number of ether oxygens (including phenoxy) is 2. The van der Waals surface area contributed by atoms with Crippen LogP contribution in [0.3, 0.4) is 0 Å². The molecule has 0 unspecified atom stereocenters. The van der Waals surface area contributed by atoms with Crippen LogP contribution >= 0.6 is 12.2 Å². The fourth-order valence-corrected chi connectivity index (χ4v) is 2.64. The van der Waals surface area contributed by atoms with Gasteiger partial charge in [0.25, 0.3) is 5.91 Å². The lowest BCUT2D eigenvalue weighted by Gasteiger charge is -2.11. The average Bonchev–Trinajstić information content (AvgIpc) is 3.19. The van der Waals surface area contributed by atoms with Crippen LogP contribution in [0.25, 0.3) is 6.08 Å². The Bertz CT molecular complexity index is 799. The molecule has 0 saturated carbocycles. The Balaban J connectivity index is 1.83. The normalized spacial score (nSPS) is 15.8. The van der Waals surface area contributed by atoms with Gasteiger partial charge in [-0.1, -0.05) is 6.07 Å². The highest BCUT2D eigenvalue weighted by atomic mass is 32.1. The van der Waals surface area contributed by atoms with Crippen LogP contribution in [0.4, 0.5) is 0 Å². The molecular weight excluding hydrogens is 328 g/mol. The minimum Gasteiger partial charge on any atom is -0.493 e. The molecule has 2 heterocycles. The molecule has 0 aliphatic carbocycles. The maximum absolute atomic E-state index is 12.5. The van der Waals surface area contributed by atoms with Crippen LogP contribution in [0.1, 0.15) is 11.3 Å². The number of furan rings is 1. The van der Waals surface area contributed by atoms with E-state index >= 15 is 0 Å². The minimum absolute atomic E-state index is 0.203. The number of rotatable bonds is 5. The molecule has 1 aromatic carbocycles. The van der Waals surface area contributed by atoms with Crippen molar-refractivity contribution in [3.05, 3.63) is 53.6 Å². The molecule has 0 spiro atoms. The van der Waals surface area contributed by atoms with Gasteiger partial charge in [0.2, 0.25) is 0 Å². The monoisotopic (exact) mass is 344 g/mol. The molecule has 0 radical (unpaired) electrons. The number of hydrogen-bond donors (Lipinski definition) is 1. The Morgan fingerprint density at radius 2 is 2.04 bits per heavy atom. The van der Waals surface area contributed by atoms with Gasteiger partial charge in [-0.15, -0.1) is 0 Å². The van der Waals surface area contributed by atoms with E-state index in [1.165, 1.54) is 4.90 Å². The van der Waals surface area contributed by atoms with Gasteiger partial charge in [-0.05, 0) is 48.1 Å². The number of nitrogens with one attached hydrogen (secondary N) is 1. The first-order valence-corrected chi connectivity index (χ1v) is 7.62. The first-order chi connectivity index (χ1) is 11.6. The van der Waals surface area contributed by atoms with Crippen LogP contribution in [0, 0.1) is 0 Å². The highest BCUT2D eigenvalue weighted by Crippen LogP contribution is 2.28. The van der Waals surface area contributed by atoms with Gasteiger partial charge >= 0.3 is 0 Å². The van der Waals surface area contributed by atoms with E-state index in [4.69, 9.17) is 26.1 Å². The minimum atomic E-state index is -0.203.